The molecule has 0 aliphatic carbocycles. The van der Waals surface area contributed by atoms with Crippen LogP contribution in [0.2, 0.25) is 0 Å². The summed E-state index contributed by atoms with van der Waals surface area (Å²) in [7, 11) is 0. The first-order chi connectivity index (χ1) is 5.53. The quantitative estimate of drug-likeness (QED) is 0.716. The summed E-state index contributed by atoms with van der Waals surface area (Å²) in [5, 5.41) is 0. The average molecular weight is 268 g/mol. The second-order valence-electron chi connectivity index (χ2n) is 3.68. The summed E-state index contributed by atoms with van der Waals surface area (Å²) in [6.45, 7) is 4.38. The van der Waals surface area contributed by atoms with E-state index in [0.717, 1.165) is 6.42 Å². The van der Waals surface area contributed by atoms with E-state index in [1.165, 1.54) is 8.66 Å². The van der Waals surface area contributed by atoms with Gasteiger partial charge in [-0.15, -0.1) is 22.9 Å². The van der Waals surface area contributed by atoms with E-state index >= 15 is 0 Å². The lowest BCUT2D eigenvalue weighted by molar-refractivity contribution is 0.421. The molecule has 0 unspecified atom stereocenters. The third kappa shape index (κ3) is 3.08. The van der Waals surface area contributed by atoms with E-state index < -0.39 is 0 Å². The van der Waals surface area contributed by atoms with Crippen molar-refractivity contribution >= 4 is 38.9 Å². The van der Waals surface area contributed by atoms with Gasteiger partial charge in [0.2, 0.25) is 0 Å². The van der Waals surface area contributed by atoms with Crippen LogP contribution < -0.4 is 0 Å². The summed E-state index contributed by atoms with van der Waals surface area (Å²) < 4.78 is 1.20. The second kappa shape index (κ2) is 4.12. The van der Waals surface area contributed by atoms with Crippen molar-refractivity contribution in [3.8, 4) is 0 Å². The van der Waals surface area contributed by atoms with Crippen molar-refractivity contribution in [2.45, 2.75) is 20.3 Å². The Bertz CT molecular complexity index is 255. The van der Waals surface area contributed by atoms with E-state index in [4.69, 9.17) is 11.6 Å². The molecule has 0 aliphatic heterocycles. The Morgan fingerprint density at radius 1 is 1.50 bits per heavy atom. The summed E-state index contributed by atoms with van der Waals surface area (Å²) in [5.41, 5.74) is 0.214. The molecule has 0 atom stereocenters. The molecule has 0 aliphatic rings. The zero-order valence-corrected chi connectivity index (χ0v) is 10.4. The van der Waals surface area contributed by atoms with Gasteiger partial charge in [0.25, 0.3) is 0 Å². The zero-order valence-electron chi connectivity index (χ0n) is 7.23. The Kier molecular flexibility index (Phi) is 3.62. The molecule has 0 saturated carbocycles. The number of thiophene rings is 1. The summed E-state index contributed by atoms with van der Waals surface area (Å²) in [6, 6.07) is 4.24. The summed E-state index contributed by atoms with van der Waals surface area (Å²) in [4.78, 5) is 1.40. The third-order valence-electron chi connectivity index (χ3n) is 1.64. The second-order valence-corrected chi connectivity index (χ2v) is 6.50. The van der Waals surface area contributed by atoms with Gasteiger partial charge in [0.15, 0.2) is 0 Å². The standard InChI is InChI=1S/C9H12BrClS/c1-9(2,6-11)5-7-3-4-8(10)12-7/h3-4H,5-6H2,1-2H3. The van der Waals surface area contributed by atoms with Crippen LogP contribution in [0.3, 0.4) is 0 Å². The van der Waals surface area contributed by atoms with Crippen LogP contribution in [0.25, 0.3) is 0 Å². The number of hydrogen-bond donors (Lipinski definition) is 0. The maximum absolute atomic E-state index is 5.84. The molecule has 3 heteroatoms. The van der Waals surface area contributed by atoms with E-state index in [-0.39, 0.29) is 5.41 Å². The minimum absolute atomic E-state index is 0.214. The largest absolute Gasteiger partial charge is 0.133 e. The smallest absolute Gasteiger partial charge is 0.0701 e. The number of halogens is 2. The monoisotopic (exact) mass is 266 g/mol. The van der Waals surface area contributed by atoms with E-state index in [9.17, 15) is 0 Å². The number of hydrogen-bond acceptors (Lipinski definition) is 1. The Morgan fingerprint density at radius 2 is 2.17 bits per heavy atom. The molecule has 0 aromatic carbocycles. The fourth-order valence-corrected chi connectivity index (χ4v) is 2.80. The van der Waals surface area contributed by atoms with Crippen molar-refractivity contribution in [3.05, 3.63) is 20.8 Å². The van der Waals surface area contributed by atoms with Crippen LogP contribution in [0, 0.1) is 5.41 Å². The van der Waals surface area contributed by atoms with Crippen LogP contribution in [-0.4, -0.2) is 5.88 Å². The van der Waals surface area contributed by atoms with Crippen LogP contribution in [-0.2, 0) is 6.42 Å². The fraction of sp³-hybridized carbons (Fsp3) is 0.556. The number of alkyl halides is 1. The highest BCUT2D eigenvalue weighted by molar-refractivity contribution is 9.11. The lowest BCUT2D eigenvalue weighted by Gasteiger charge is -2.19. The van der Waals surface area contributed by atoms with Crippen LogP contribution in [0.1, 0.15) is 18.7 Å². The van der Waals surface area contributed by atoms with Crippen molar-refractivity contribution in [2.75, 3.05) is 5.88 Å². The van der Waals surface area contributed by atoms with Crippen LogP contribution in [0.4, 0.5) is 0 Å². The van der Waals surface area contributed by atoms with Gasteiger partial charge in [-0.25, -0.2) is 0 Å². The average Bonchev–Trinajstić information content (AvgIpc) is 2.35. The van der Waals surface area contributed by atoms with Gasteiger partial charge >= 0.3 is 0 Å². The van der Waals surface area contributed by atoms with Crippen molar-refractivity contribution in [3.63, 3.8) is 0 Å². The maximum Gasteiger partial charge on any atom is 0.0701 e. The highest BCUT2D eigenvalue weighted by atomic mass is 79.9. The van der Waals surface area contributed by atoms with E-state index in [1.54, 1.807) is 11.3 Å². The van der Waals surface area contributed by atoms with Crippen molar-refractivity contribution in [1.29, 1.82) is 0 Å². The molecular weight excluding hydrogens is 256 g/mol. The first-order valence-corrected chi connectivity index (χ1v) is 5.98. The van der Waals surface area contributed by atoms with Gasteiger partial charge in [0, 0.05) is 10.8 Å². The molecule has 0 radical (unpaired) electrons. The Balaban J connectivity index is 2.63. The molecule has 68 valence electrons. The molecule has 0 fully saturated rings. The van der Waals surface area contributed by atoms with Gasteiger partial charge in [-0.1, -0.05) is 13.8 Å². The number of rotatable bonds is 3. The fourth-order valence-electron chi connectivity index (χ4n) is 0.966. The molecule has 1 rings (SSSR count). The molecule has 1 aromatic rings. The highest BCUT2D eigenvalue weighted by Gasteiger charge is 2.17. The van der Waals surface area contributed by atoms with Crippen molar-refractivity contribution in [1.82, 2.24) is 0 Å². The van der Waals surface area contributed by atoms with Gasteiger partial charge in [-0.3, -0.25) is 0 Å². The Hall–Kier alpha value is 0.470. The summed E-state index contributed by atoms with van der Waals surface area (Å²) in [6.07, 6.45) is 1.06. The first-order valence-electron chi connectivity index (χ1n) is 3.84. The van der Waals surface area contributed by atoms with E-state index in [0.29, 0.717) is 5.88 Å². The first kappa shape index (κ1) is 10.6. The molecule has 1 aromatic heterocycles. The molecule has 0 spiro atoms. The zero-order chi connectivity index (χ0) is 9.19. The SMILES string of the molecule is CC(C)(CCl)Cc1ccc(Br)s1. The molecule has 1 heterocycles. The Morgan fingerprint density at radius 3 is 2.58 bits per heavy atom. The van der Waals surface area contributed by atoms with Gasteiger partial charge in [0.05, 0.1) is 3.79 Å². The van der Waals surface area contributed by atoms with E-state index in [2.05, 4.69) is 41.9 Å². The lowest BCUT2D eigenvalue weighted by atomic mass is 9.91. The molecule has 12 heavy (non-hydrogen) atoms. The molecule has 0 amide bonds. The topological polar surface area (TPSA) is 0 Å². The predicted molar refractivity (Wildman–Crippen MR) is 60.2 cm³/mol. The minimum atomic E-state index is 0.214. The predicted octanol–water partition coefficient (Wildman–Crippen LogP) is 4.32. The van der Waals surface area contributed by atoms with E-state index in [1.807, 2.05) is 0 Å². The normalized spacial score (nSPS) is 12.0. The van der Waals surface area contributed by atoms with Crippen LogP contribution in [0.5, 0.6) is 0 Å². The van der Waals surface area contributed by atoms with Crippen LogP contribution >= 0.6 is 38.9 Å². The molecule has 0 N–H and O–H groups in total. The van der Waals surface area contributed by atoms with Crippen molar-refractivity contribution < 1.29 is 0 Å². The lowest BCUT2D eigenvalue weighted by Crippen LogP contribution is -2.15. The van der Waals surface area contributed by atoms with Gasteiger partial charge in [-0.05, 0) is 39.9 Å². The molecule has 0 nitrogen and oxygen atoms in total. The Labute approximate surface area is 91.1 Å². The van der Waals surface area contributed by atoms with Crippen LogP contribution in [0.15, 0.2) is 15.9 Å². The third-order valence-corrected chi connectivity index (χ3v) is 3.99. The van der Waals surface area contributed by atoms with Gasteiger partial charge in [-0.2, -0.15) is 0 Å². The van der Waals surface area contributed by atoms with Gasteiger partial charge < -0.3 is 0 Å². The maximum atomic E-state index is 5.84. The molecule has 0 bridgehead atoms. The summed E-state index contributed by atoms with van der Waals surface area (Å²) >= 11 is 11.1. The van der Waals surface area contributed by atoms with Crippen molar-refractivity contribution in [2.24, 2.45) is 5.41 Å². The summed E-state index contributed by atoms with van der Waals surface area (Å²) in [5.74, 6) is 0.711. The van der Waals surface area contributed by atoms with Gasteiger partial charge in [0.1, 0.15) is 0 Å². The molecular formula is C9H12BrClS. The molecule has 0 saturated heterocycles. The highest BCUT2D eigenvalue weighted by Crippen LogP contribution is 2.29. The minimum Gasteiger partial charge on any atom is -0.133 e.